The molecule has 0 radical (unpaired) electrons. The van der Waals surface area contributed by atoms with E-state index in [9.17, 15) is 4.79 Å². The van der Waals surface area contributed by atoms with Gasteiger partial charge in [-0.25, -0.2) is 0 Å². The molecule has 1 heterocycles. The van der Waals surface area contributed by atoms with Crippen LogP contribution in [0.1, 0.15) is 13.3 Å². The second-order valence-electron chi connectivity index (χ2n) is 3.00. The van der Waals surface area contributed by atoms with E-state index in [2.05, 4.69) is 11.2 Å². The monoisotopic (exact) mass is 166 g/mol. The zero-order valence-electron chi connectivity index (χ0n) is 7.50. The van der Waals surface area contributed by atoms with E-state index in [0.717, 1.165) is 13.0 Å². The first kappa shape index (κ1) is 9.08. The number of carbonyl (C=O) groups is 1. The summed E-state index contributed by atoms with van der Waals surface area (Å²) in [6.07, 6.45) is 6.10. The number of nitrogens with zero attached hydrogens (tertiary/aromatic N) is 1. The molecule has 1 fully saturated rings. The highest BCUT2D eigenvalue weighted by molar-refractivity contribution is 5.84. The summed E-state index contributed by atoms with van der Waals surface area (Å²) in [6, 6.07) is -0.100. The Morgan fingerprint density at radius 1 is 1.83 bits per heavy atom. The summed E-state index contributed by atoms with van der Waals surface area (Å²) in [4.78, 5) is 13.2. The van der Waals surface area contributed by atoms with Crippen LogP contribution in [0.3, 0.4) is 0 Å². The van der Waals surface area contributed by atoms with Gasteiger partial charge in [-0.15, -0.1) is 6.42 Å². The number of terminal acetylenes is 1. The Hall–Kier alpha value is -1.01. The van der Waals surface area contributed by atoms with Crippen LogP contribution in [0.15, 0.2) is 0 Å². The minimum absolute atomic E-state index is 0.0270. The molecule has 3 nitrogen and oxygen atoms in total. The number of hydrogen-bond donors (Lipinski definition) is 1. The maximum Gasteiger partial charge on any atom is 0.240 e. The summed E-state index contributed by atoms with van der Waals surface area (Å²) in [6.45, 7) is 2.64. The summed E-state index contributed by atoms with van der Waals surface area (Å²) in [5.41, 5.74) is 0. The van der Waals surface area contributed by atoms with Gasteiger partial charge in [0.2, 0.25) is 5.91 Å². The average Bonchev–Trinajstić information content (AvgIpc) is 2.45. The van der Waals surface area contributed by atoms with Gasteiger partial charge in [-0.3, -0.25) is 4.79 Å². The lowest BCUT2D eigenvalue weighted by atomic mass is 10.2. The molecule has 0 spiro atoms. The fraction of sp³-hybridized carbons (Fsp3) is 0.667. The Morgan fingerprint density at radius 2 is 2.50 bits per heavy atom. The Balaban J connectivity index is 2.62. The lowest BCUT2D eigenvalue weighted by Crippen LogP contribution is -2.40. The van der Waals surface area contributed by atoms with Crippen LogP contribution < -0.4 is 5.32 Å². The van der Waals surface area contributed by atoms with Crippen LogP contribution >= 0.6 is 0 Å². The van der Waals surface area contributed by atoms with Crippen molar-refractivity contribution in [2.45, 2.75) is 25.4 Å². The molecular weight excluding hydrogens is 152 g/mol. The van der Waals surface area contributed by atoms with Crippen LogP contribution in [0, 0.1) is 12.3 Å². The highest BCUT2D eigenvalue weighted by Gasteiger charge is 2.32. The van der Waals surface area contributed by atoms with Crippen molar-refractivity contribution >= 4 is 5.91 Å². The van der Waals surface area contributed by atoms with E-state index in [-0.39, 0.29) is 18.0 Å². The van der Waals surface area contributed by atoms with Gasteiger partial charge in [0.05, 0.1) is 12.1 Å². The molecule has 1 aliphatic rings. The molecule has 0 aliphatic carbocycles. The van der Waals surface area contributed by atoms with Gasteiger partial charge in [0, 0.05) is 6.54 Å². The molecule has 12 heavy (non-hydrogen) atoms. The predicted octanol–water partition coefficient (Wildman–Crippen LogP) is -0.172. The number of likely N-dealkylation sites (N-methyl/N-ethyl adjacent to an activating group) is 1. The topological polar surface area (TPSA) is 32.3 Å². The van der Waals surface area contributed by atoms with Crippen molar-refractivity contribution in [1.82, 2.24) is 10.2 Å². The number of likely N-dealkylation sites (tertiary alicyclic amines) is 1. The SMILES string of the molecule is C#CC(C)N1CCC(NC)C1=O. The molecule has 3 heteroatoms. The minimum Gasteiger partial charge on any atom is -0.328 e. The van der Waals surface area contributed by atoms with Crippen molar-refractivity contribution in [1.29, 1.82) is 0 Å². The molecule has 0 bridgehead atoms. The van der Waals surface area contributed by atoms with Gasteiger partial charge in [0.1, 0.15) is 0 Å². The fourth-order valence-corrected chi connectivity index (χ4v) is 1.44. The molecule has 0 aromatic carbocycles. The first-order chi connectivity index (χ1) is 5.70. The minimum atomic E-state index is -0.0733. The third-order valence-electron chi connectivity index (χ3n) is 2.30. The Labute approximate surface area is 73.1 Å². The lowest BCUT2D eigenvalue weighted by Gasteiger charge is -2.19. The molecular formula is C9H14N2O. The predicted molar refractivity (Wildman–Crippen MR) is 47.5 cm³/mol. The largest absolute Gasteiger partial charge is 0.328 e. The van der Waals surface area contributed by atoms with Crippen LogP contribution in [0.25, 0.3) is 0 Å². The zero-order chi connectivity index (χ0) is 9.14. The van der Waals surface area contributed by atoms with Crippen molar-refractivity contribution in [3.8, 4) is 12.3 Å². The highest BCUT2D eigenvalue weighted by atomic mass is 16.2. The quantitative estimate of drug-likeness (QED) is 0.578. The van der Waals surface area contributed by atoms with E-state index < -0.39 is 0 Å². The molecule has 1 saturated heterocycles. The van der Waals surface area contributed by atoms with E-state index >= 15 is 0 Å². The van der Waals surface area contributed by atoms with Crippen LogP contribution in [-0.2, 0) is 4.79 Å². The van der Waals surface area contributed by atoms with Gasteiger partial charge in [-0.1, -0.05) is 5.92 Å². The smallest absolute Gasteiger partial charge is 0.240 e. The second-order valence-corrected chi connectivity index (χ2v) is 3.00. The van der Waals surface area contributed by atoms with Crippen molar-refractivity contribution in [2.75, 3.05) is 13.6 Å². The molecule has 0 saturated carbocycles. The van der Waals surface area contributed by atoms with E-state index in [1.165, 1.54) is 0 Å². The summed E-state index contributed by atoms with van der Waals surface area (Å²) in [5, 5.41) is 2.96. The summed E-state index contributed by atoms with van der Waals surface area (Å²) in [7, 11) is 1.80. The molecule has 1 aliphatic heterocycles. The van der Waals surface area contributed by atoms with E-state index in [4.69, 9.17) is 6.42 Å². The molecule has 1 rings (SSSR count). The second kappa shape index (κ2) is 3.59. The van der Waals surface area contributed by atoms with Gasteiger partial charge in [0.25, 0.3) is 0 Å². The standard InChI is InChI=1S/C9H14N2O/c1-4-7(2)11-6-5-8(10-3)9(11)12/h1,7-8,10H,5-6H2,2-3H3. The molecule has 2 unspecified atom stereocenters. The average molecular weight is 166 g/mol. The van der Waals surface area contributed by atoms with Gasteiger partial charge in [-0.05, 0) is 20.4 Å². The van der Waals surface area contributed by atoms with E-state index in [1.807, 2.05) is 6.92 Å². The Morgan fingerprint density at radius 3 is 2.92 bits per heavy atom. The number of amides is 1. The lowest BCUT2D eigenvalue weighted by molar-refractivity contribution is -0.130. The van der Waals surface area contributed by atoms with Gasteiger partial charge < -0.3 is 10.2 Å². The first-order valence-corrected chi connectivity index (χ1v) is 4.14. The highest BCUT2D eigenvalue weighted by Crippen LogP contribution is 2.13. The fourth-order valence-electron chi connectivity index (χ4n) is 1.44. The Bertz CT molecular complexity index is 219. The van der Waals surface area contributed by atoms with Gasteiger partial charge in [-0.2, -0.15) is 0 Å². The van der Waals surface area contributed by atoms with Crippen molar-refractivity contribution < 1.29 is 4.79 Å². The van der Waals surface area contributed by atoms with Gasteiger partial charge >= 0.3 is 0 Å². The van der Waals surface area contributed by atoms with Crippen LogP contribution in [0.5, 0.6) is 0 Å². The third-order valence-corrected chi connectivity index (χ3v) is 2.30. The first-order valence-electron chi connectivity index (χ1n) is 4.14. The summed E-state index contributed by atoms with van der Waals surface area (Å²) in [5.74, 6) is 2.69. The number of rotatable bonds is 2. The van der Waals surface area contributed by atoms with E-state index in [1.54, 1.807) is 11.9 Å². The zero-order valence-corrected chi connectivity index (χ0v) is 7.50. The van der Waals surface area contributed by atoms with E-state index in [0.29, 0.717) is 0 Å². The summed E-state index contributed by atoms with van der Waals surface area (Å²) >= 11 is 0. The van der Waals surface area contributed by atoms with Crippen molar-refractivity contribution in [3.63, 3.8) is 0 Å². The molecule has 1 amide bonds. The molecule has 1 N–H and O–H groups in total. The third kappa shape index (κ3) is 1.44. The van der Waals surface area contributed by atoms with Crippen molar-refractivity contribution in [3.05, 3.63) is 0 Å². The summed E-state index contributed by atoms with van der Waals surface area (Å²) < 4.78 is 0. The molecule has 66 valence electrons. The molecule has 0 aromatic heterocycles. The normalized spacial score (nSPS) is 25.6. The van der Waals surface area contributed by atoms with Crippen LogP contribution in [-0.4, -0.2) is 36.5 Å². The van der Waals surface area contributed by atoms with Gasteiger partial charge in [0.15, 0.2) is 0 Å². The number of carbonyl (C=O) groups excluding carboxylic acids is 1. The van der Waals surface area contributed by atoms with Crippen molar-refractivity contribution in [2.24, 2.45) is 0 Å². The number of hydrogen-bond acceptors (Lipinski definition) is 2. The number of nitrogens with one attached hydrogen (secondary N) is 1. The Kier molecular flexibility index (Phi) is 2.72. The molecule has 0 aromatic rings. The maximum absolute atomic E-state index is 11.5. The molecule has 2 atom stereocenters. The van der Waals surface area contributed by atoms with Crippen LogP contribution in [0.4, 0.5) is 0 Å². The maximum atomic E-state index is 11.5. The van der Waals surface area contributed by atoms with Crippen LogP contribution in [0.2, 0.25) is 0 Å².